The number of aldehydes is 1. The van der Waals surface area contributed by atoms with Crippen molar-refractivity contribution in [3.05, 3.63) is 18.2 Å². The number of benzene rings is 1. The van der Waals surface area contributed by atoms with Gasteiger partial charge in [-0.05, 0) is 18.2 Å². The Morgan fingerprint density at radius 1 is 1.50 bits per heavy atom. The van der Waals surface area contributed by atoms with Crippen molar-refractivity contribution in [1.82, 2.24) is 0 Å². The van der Waals surface area contributed by atoms with Crippen LogP contribution in [0.25, 0.3) is 0 Å². The molecule has 2 N–H and O–H groups in total. The highest BCUT2D eigenvalue weighted by Crippen LogP contribution is 2.36. The van der Waals surface area contributed by atoms with Gasteiger partial charge in [0, 0.05) is 10.6 Å². The van der Waals surface area contributed by atoms with E-state index >= 15 is 0 Å². The third-order valence-electron chi connectivity index (χ3n) is 2.15. The van der Waals surface area contributed by atoms with E-state index < -0.39 is 11.8 Å². The molecule has 1 aliphatic heterocycles. The maximum atomic E-state index is 11.6. The molecule has 1 heterocycles. The van der Waals surface area contributed by atoms with Crippen molar-refractivity contribution in [2.24, 2.45) is 0 Å². The Labute approximate surface area is 95.6 Å². The minimum Gasteiger partial charge on any atom is -0.399 e. The van der Waals surface area contributed by atoms with Gasteiger partial charge >= 0.3 is 0 Å². The molecule has 0 unspecified atom stereocenters. The monoisotopic (exact) mass is 236 g/mol. The van der Waals surface area contributed by atoms with Gasteiger partial charge in [0.1, 0.15) is 0 Å². The lowest BCUT2D eigenvalue weighted by atomic mass is 10.2. The van der Waals surface area contributed by atoms with Crippen molar-refractivity contribution in [1.29, 1.82) is 0 Å². The van der Waals surface area contributed by atoms with E-state index in [0.717, 1.165) is 9.80 Å². The fourth-order valence-corrected chi connectivity index (χ4v) is 2.33. The van der Waals surface area contributed by atoms with Crippen molar-refractivity contribution < 1.29 is 14.4 Å². The summed E-state index contributed by atoms with van der Waals surface area (Å²) < 4.78 is 0. The zero-order chi connectivity index (χ0) is 11.7. The average Bonchev–Trinajstić information content (AvgIpc) is 2.28. The van der Waals surface area contributed by atoms with E-state index in [1.807, 2.05) is 0 Å². The predicted molar refractivity (Wildman–Crippen MR) is 60.1 cm³/mol. The summed E-state index contributed by atoms with van der Waals surface area (Å²) in [7, 11) is 0. The molecule has 0 bridgehead atoms. The number of hydrogen-bond acceptors (Lipinski definition) is 5. The smallest absolute Gasteiger partial charge is 0.297 e. The quantitative estimate of drug-likeness (QED) is 0.434. The number of nitrogen functional groups attached to an aromatic ring is 1. The summed E-state index contributed by atoms with van der Waals surface area (Å²) in [6.07, 6.45) is 0.126. The van der Waals surface area contributed by atoms with Gasteiger partial charge in [-0.15, -0.1) is 11.8 Å². The van der Waals surface area contributed by atoms with E-state index in [4.69, 9.17) is 5.73 Å². The number of fused-ring (bicyclic) bond motifs is 1. The van der Waals surface area contributed by atoms with E-state index in [9.17, 15) is 14.4 Å². The Kier molecular flexibility index (Phi) is 2.66. The second-order valence-electron chi connectivity index (χ2n) is 3.20. The lowest BCUT2D eigenvalue weighted by Gasteiger charge is -2.25. The zero-order valence-electron chi connectivity index (χ0n) is 8.17. The van der Waals surface area contributed by atoms with Crippen LogP contribution in [0.5, 0.6) is 0 Å². The molecular weight excluding hydrogens is 228 g/mol. The topological polar surface area (TPSA) is 80.5 Å². The third-order valence-corrected chi connectivity index (χ3v) is 3.19. The molecule has 1 aliphatic rings. The number of rotatable bonds is 1. The molecule has 0 aromatic heterocycles. The standard InChI is InChI=1S/C10H8N2O3S/c11-6-1-2-8-7(3-6)12(9(14)4-13)10(15)5-16-8/h1-4H,5,11H2. The van der Waals surface area contributed by atoms with Gasteiger partial charge in [-0.2, -0.15) is 0 Å². The second kappa shape index (κ2) is 3.97. The molecule has 16 heavy (non-hydrogen) atoms. The van der Waals surface area contributed by atoms with Crippen LogP contribution in [0.2, 0.25) is 0 Å². The molecule has 5 nitrogen and oxygen atoms in total. The summed E-state index contributed by atoms with van der Waals surface area (Å²) in [5, 5.41) is 0. The van der Waals surface area contributed by atoms with Crippen LogP contribution < -0.4 is 10.6 Å². The Balaban J connectivity index is 2.54. The summed E-state index contributed by atoms with van der Waals surface area (Å²) in [6.45, 7) is 0. The Bertz CT molecular complexity index is 487. The first kappa shape index (κ1) is 10.7. The molecule has 2 amide bonds. The van der Waals surface area contributed by atoms with E-state index in [1.165, 1.54) is 17.8 Å². The van der Waals surface area contributed by atoms with E-state index in [1.54, 1.807) is 12.1 Å². The number of nitrogens with zero attached hydrogens (tertiary/aromatic N) is 1. The molecule has 0 aliphatic carbocycles. The fraction of sp³-hybridized carbons (Fsp3) is 0.100. The highest BCUT2D eigenvalue weighted by molar-refractivity contribution is 8.00. The second-order valence-corrected chi connectivity index (χ2v) is 4.22. The van der Waals surface area contributed by atoms with Crippen molar-refractivity contribution in [2.75, 3.05) is 16.4 Å². The molecule has 2 rings (SSSR count). The third kappa shape index (κ3) is 1.67. The Morgan fingerprint density at radius 3 is 2.94 bits per heavy atom. The van der Waals surface area contributed by atoms with E-state index in [-0.39, 0.29) is 12.0 Å². The number of imide groups is 1. The average molecular weight is 236 g/mol. The first-order valence-corrected chi connectivity index (χ1v) is 5.46. The summed E-state index contributed by atoms with van der Waals surface area (Å²) in [5.41, 5.74) is 6.41. The lowest BCUT2D eigenvalue weighted by Crippen LogP contribution is -2.41. The lowest BCUT2D eigenvalue weighted by molar-refractivity contribution is -0.132. The molecule has 0 radical (unpaired) electrons. The van der Waals surface area contributed by atoms with E-state index in [2.05, 4.69) is 0 Å². The number of anilines is 2. The van der Waals surface area contributed by atoms with Crippen LogP contribution in [-0.2, 0) is 14.4 Å². The maximum Gasteiger partial charge on any atom is 0.297 e. The molecule has 0 fully saturated rings. The molecule has 82 valence electrons. The summed E-state index contributed by atoms with van der Waals surface area (Å²) >= 11 is 1.32. The number of hydrogen-bond donors (Lipinski definition) is 1. The Morgan fingerprint density at radius 2 is 2.25 bits per heavy atom. The van der Waals surface area contributed by atoms with Crippen LogP contribution in [0.3, 0.4) is 0 Å². The molecule has 0 spiro atoms. The molecule has 0 saturated heterocycles. The molecule has 1 aromatic rings. The molecule has 0 atom stereocenters. The largest absolute Gasteiger partial charge is 0.399 e. The summed E-state index contributed by atoms with van der Waals surface area (Å²) in [6, 6.07) is 4.93. The number of carbonyl (C=O) groups excluding carboxylic acids is 3. The molecule has 6 heteroatoms. The predicted octanol–water partition coefficient (Wildman–Crippen LogP) is 0.433. The van der Waals surface area contributed by atoms with Crippen molar-refractivity contribution in [3.63, 3.8) is 0 Å². The normalized spacial score (nSPS) is 14.5. The number of amides is 2. The zero-order valence-corrected chi connectivity index (χ0v) is 8.99. The van der Waals surface area contributed by atoms with Crippen LogP contribution in [0, 0.1) is 0 Å². The van der Waals surface area contributed by atoms with Gasteiger partial charge in [0.15, 0.2) is 0 Å². The van der Waals surface area contributed by atoms with Crippen LogP contribution in [0.1, 0.15) is 0 Å². The molecule has 0 saturated carbocycles. The van der Waals surface area contributed by atoms with Crippen LogP contribution in [-0.4, -0.2) is 23.9 Å². The van der Waals surface area contributed by atoms with Gasteiger partial charge in [-0.3, -0.25) is 14.4 Å². The molecule has 1 aromatic carbocycles. The SMILES string of the molecule is Nc1ccc2c(c1)N(C(=O)C=O)C(=O)CS2. The minimum atomic E-state index is -0.864. The van der Waals surface area contributed by atoms with E-state index in [0.29, 0.717) is 11.4 Å². The maximum absolute atomic E-state index is 11.6. The minimum absolute atomic E-state index is 0.126. The van der Waals surface area contributed by atoms with Crippen molar-refractivity contribution in [2.45, 2.75) is 4.90 Å². The van der Waals surface area contributed by atoms with Gasteiger partial charge in [-0.25, -0.2) is 4.90 Å². The van der Waals surface area contributed by atoms with Gasteiger partial charge in [0.2, 0.25) is 12.2 Å². The Hall–Kier alpha value is -1.82. The number of nitrogens with two attached hydrogens (primary N) is 1. The highest BCUT2D eigenvalue weighted by atomic mass is 32.2. The summed E-state index contributed by atoms with van der Waals surface area (Å²) in [4.78, 5) is 35.0. The first-order valence-electron chi connectivity index (χ1n) is 4.48. The van der Waals surface area contributed by atoms with Gasteiger partial charge in [0.25, 0.3) is 5.91 Å². The fourth-order valence-electron chi connectivity index (χ4n) is 1.46. The molecular formula is C10H8N2O3S. The van der Waals surface area contributed by atoms with Gasteiger partial charge in [0.05, 0.1) is 11.4 Å². The number of thioether (sulfide) groups is 1. The number of carbonyl (C=O) groups is 3. The van der Waals surface area contributed by atoms with Crippen molar-refractivity contribution >= 4 is 41.2 Å². The van der Waals surface area contributed by atoms with Gasteiger partial charge < -0.3 is 5.73 Å². The summed E-state index contributed by atoms with van der Waals surface area (Å²) in [5.74, 6) is -1.12. The van der Waals surface area contributed by atoms with Crippen LogP contribution in [0.15, 0.2) is 23.1 Å². The van der Waals surface area contributed by atoms with Crippen LogP contribution in [0.4, 0.5) is 11.4 Å². The highest BCUT2D eigenvalue weighted by Gasteiger charge is 2.29. The van der Waals surface area contributed by atoms with Gasteiger partial charge in [-0.1, -0.05) is 0 Å². The first-order chi connectivity index (χ1) is 7.63. The van der Waals surface area contributed by atoms with Crippen LogP contribution >= 0.6 is 11.8 Å². The van der Waals surface area contributed by atoms with Crippen molar-refractivity contribution in [3.8, 4) is 0 Å².